The summed E-state index contributed by atoms with van der Waals surface area (Å²) in [6.07, 6.45) is 4.19. The highest BCUT2D eigenvalue weighted by molar-refractivity contribution is 7.88. The summed E-state index contributed by atoms with van der Waals surface area (Å²) < 4.78 is 30.0. The molecule has 1 N–H and O–H groups in total. The monoisotopic (exact) mass is 483 g/mol. The number of hydrogen-bond donors (Lipinski definition) is 1. The Balaban J connectivity index is 1.60. The number of carbonyl (C=O) groups is 1. The molecular weight excluding hydrogens is 461 g/mol. The van der Waals surface area contributed by atoms with Gasteiger partial charge in [-0.2, -0.15) is 4.31 Å². The number of anilines is 2. The lowest BCUT2D eigenvalue weighted by Crippen LogP contribution is -2.48. The Labute approximate surface area is 192 Å². The summed E-state index contributed by atoms with van der Waals surface area (Å²) in [6, 6.07) is 10.6. The number of benzene rings is 2. The van der Waals surface area contributed by atoms with E-state index >= 15 is 0 Å². The van der Waals surface area contributed by atoms with Gasteiger partial charge in [0, 0.05) is 54.2 Å². The summed E-state index contributed by atoms with van der Waals surface area (Å²) >= 11 is 12.1. The maximum Gasteiger partial charge on any atom is 0.248 e. The highest BCUT2D eigenvalue weighted by Gasteiger charge is 2.23. The first-order valence-corrected chi connectivity index (χ1v) is 12.1. The Kier molecular flexibility index (Phi) is 7.48. The third-order valence-corrected chi connectivity index (χ3v) is 6.67. The van der Waals surface area contributed by atoms with E-state index in [0.29, 0.717) is 53.2 Å². The van der Waals surface area contributed by atoms with Crippen LogP contribution in [0.3, 0.4) is 0 Å². The molecule has 1 fully saturated rings. The summed E-state index contributed by atoms with van der Waals surface area (Å²) in [4.78, 5) is 14.4. The Bertz CT molecular complexity index is 1080. The molecule has 0 aromatic heterocycles. The van der Waals surface area contributed by atoms with Gasteiger partial charge in [0.25, 0.3) is 0 Å². The summed E-state index contributed by atoms with van der Waals surface area (Å²) in [5.41, 5.74) is 2.21. The SMILES string of the molecule is COc1c(Cl)cc(Cl)cc1C=CC(=O)Nc1ccc(N2CCN(S(C)(=O)=O)CC2)cc1. The summed E-state index contributed by atoms with van der Waals surface area (Å²) in [6.45, 7) is 2.15. The third-order valence-electron chi connectivity index (χ3n) is 4.86. The Morgan fingerprint density at radius 1 is 1.10 bits per heavy atom. The molecule has 0 bridgehead atoms. The van der Waals surface area contributed by atoms with E-state index in [4.69, 9.17) is 27.9 Å². The van der Waals surface area contributed by atoms with Gasteiger partial charge >= 0.3 is 0 Å². The van der Waals surface area contributed by atoms with Gasteiger partial charge in [0.05, 0.1) is 18.4 Å². The third kappa shape index (κ3) is 6.13. The molecule has 0 atom stereocenters. The van der Waals surface area contributed by atoms with Gasteiger partial charge in [0.15, 0.2) is 0 Å². The van der Waals surface area contributed by atoms with E-state index < -0.39 is 10.0 Å². The van der Waals surface area contributed by atoms with Crippen LogP contribution >= 0.6 is 23.2 Å². The smallest absolute Gasteiger partial charge is 0.248 e. The molecule has 1 saturated heterocycles. The van der Waals surface area contributed by atoms with Gasteiger partial charge < -0.3 is 15.0 Å². The molecule has 0 aliphatic carbocycles. The van der Waals surface area contributed by atoms with E-state index in [1.54, 1.807) is 30.3 Å². The predicted octanol–water partition coefficient (Wildman–Crippen LogP) is 3.74. The van der Waals surface area contributed by atoms with E-state index in [9.17, 15) is 13.2 Å². The van der Waals surface area contributed by atoms with Crippen molar-refractivity contribution in [2.24, 2.45) is 0 Å². The number of methoxy groups -OCH3 is 1. The molecule has 0 spiro atoms. The zero-order chi connectivity index (χ0) is 22.6. The first-order valence-electron chi connectivity index (χ1n) is 9.49. The maximum absolute atomic E-state index is 12.3. The molecule has 166 valence electrons. The molecule has 1 aliphatic rings. The molecule has 2 aromatic carbocycles. The topological polar surface area (TPSA) is 79.0 Å². The molecular formula is C21H23Cl2N3O4S. The Hall–Kier alpha value is -2.26. The van der Waals surface area contributed by atoms with Crippen molar-refractivity contribution in [1.82, 2.24) is 4.31 Å². The second kappa shape index (κ2) is 9.91. The number of nitrogens with zero attached hydrogens (tertiary/aromatic N) is 2. The predicted molar refractivity (Wildman–Crippen MR) is 126 cm³/mol. The highest BCUT2D eigenvalue weighted by Crippen LogP contribution is 2.33. The lowest BCUT2D eigenvalue weighted by molar-refractivity contribution is -0.111. The zero-order valence-corrected chi connectivity index (χ0v) is 19.5. The lowest BCUT2D eigenvalue weighted by Gasteiger charge is -2.34. The zero-order valence-electron chi connectivity index (χ0n) is 17.1. The van der Waals surface area contributed by atoms with Crippen molar-refractivity contribution in [3.05, 3.63) is 58.1 Å². The van der Waals surface area contributed by atoms with E-state index in [1.165, 1.54) is 23.7 Å². The molecule has 0 saturated carbocycles. The minimum absolute atomic E-state index is 0.312. The van der Waals surface area contributed by atoms with Gasteiger partial charge in [-0.1, -0.05) is 23.2 Å². The molecule has 1 aliphatic heterocycles. The van der Waals surface area contributed by atoms with Gasteiger partial charge in [-0.25, -0.2) is 8.42 Å². The van der Waals surface area contributed by atoms with Crippen molar-refractivity contribution in [2.45, 2.75) is 0 Å². The van der Waals surface area contributed by atoms with Crippen LogP contribution < -0.4 is 15.0 Å². The Morgan fingerprint density at radius 3 is 2.32 bits per heavy atom. The van der Waals surface area contributed by atoms with Crippen molar-refractivity contribution in [1.29, 1.82) is 0 Å². The first-order chi connectivity index (χ1) is 14.7. The molecule has 10 heteroatoms. The van der Waals surface area contributed by atoms with Crippen LogP contribution in [0.15, 0.2) is 42.5 Å². The minimum atomic E-state index is -3.16. The largest absolute Gasteiger partial charge is 0.495 e. The Morgan fingerprint density at radius 2 is 1.74 bits per heavy atom. The van der Waals surface area contributed by atoms with Crippen LogP contribution in [0.5, 0.6) is 5.75 Å². The number of piperazine rings is 1. The lowest BCUT2D eigenvalue weighted by atomic mass is 10.2. The normalized spacial score (nSPS) is 15.3. The summed E-state index contributed by atoms with van der Waals surface area (Å²) in [5, 5.41) is 3.60. The number of ether oxygens (including phenoxy) is 1. The van der Waals surface area contributed by atoms with Crippen molar-refractivity contribution in [2.75, 3.05) is 49.8 Å². The van der Waals surface area contributed by atoms with E-state index in [2.05, 4.69) is 10.2 Å². The number of rotatable bonds is 6. The highest BCUT2D eigenvalue weighted by atomic mass is 35.5. The van der Waals surface area contributed by atoms with Crippen LogP contribution in [0.4, 0.5) is 11.4 Å². The second-order valence-electron chi connectivity index (χ2n) is 7.03. The minimum Gasteiger partial charge on any atom is -0.495 e. The van der Waals surface area contributed by atoms with Crippen LogP contribution in [0.1, 0.15) is 5.56 Å². The first kappa shape index (κ1) is 23.4. The second-order valence-corrected chi connectivity index (χ2v) is 9.85. The van der Waals surface area contributed by atoms with Gasteiger partial charge in [-0.15, -0.1) is 0 Å². The maximum atomic E-state index is 12.3. The average molecular weight is 484 g/mol. The van der Waals surface area contributed by atoms with E-state index in [1.807, 2.05) is 12.1 Å². The van der Waals surface area contributed by atoms with Gasteiger partial charge in [0.2, 0.25) is 15.9 Å². The molecule has 0 radical (unpaired) electrons. The average Bonchev–Trinajstić information content (AvgIpc) is 2.72. The number of halogens is 2. The van der Waals surface area contributed by atoms with Gasteiger partial charge in [-0.05, 0) is 42.5 Å². The molecule has 0 unspecified atom stereocenters. The van der Waals surface area contributed by atoms with Crippen molar-refractivity contribution in [3.63, 3.8) is 0 Å². The molecule has 3 rings (SSSR count). The molecule has 31 heavy (non-hydrogen) atoms. The fourth-order valence-corrected chi connectivity index (χ4v) is 4.72. The van der Waals surface area contributed by atoms with Crippen molar-refractivity contribution in [3.8, 4) is 5.75 Å². The molecule has 7 nitrogen and oxygen atoms in total. The van der Waals surface area contributed by atoms with Crippen LogP contribution in [0.2, 0.25) is 10.0 Å². The summed E-state index contributed by atoms with van der Waals surface area (Å²) in [5.74, 6) is 0.128. The van der Waals surface area contributed by atoms with Crippen molar-refractivity contribution >= 4 is 56.6 Å². The van der Waals surface area contributed by atoms with Crippen LogP contribution in [0, 0.1) is 0 Å². The van der Waals surface area contributed by atoms with Crippen LogP contribution in [-0.2, 0) is 14.8 Å². The van der Waals surface area contributed by atoms with E-state index in [0.717, 1.165) is 5.69 Å². The standard InChI is InChI=1S/C21H23Cl2N3O4S/c1-30-21-15(13-16(22)14-19(21)23)3-8-20(27)24-17-4-6-18(7-5-17)25-9-11-26(12-10-25)31(2,28)29/h3-8,13-14H,9-12H2,1-2H3,(H,24,27). The molecule has 2 aromatic rings. The fraction of sp³-hybridized carbons (Fsp3) is 0.286. The van der Waals surface area contributed by atoms with Gasteiger partial charge in [-0.3, -0.25) is 4.79 Å². The number of carbonyl (C=O) groups excluding carboxylic acids is 1. The van der Waals surface area contributed by atoms with E-state index in [-0.39, 0.29) is 5.91 Å². The van der Waals surface area contributed by atoms with Crippen LogP contribution in [-0.4, -0.2) is 58.2 Å². The number of amides is 1. The van der Waals surface area contributed by atoms with Crippen LogP contribution in [0.25, 0.3) is 6.08 Å². The van der Waals surface area contributed by atoms with Crippen molar-refractivity contribution < 1.29 is 17.9 Å². The number of nitrogens with one attached hydrogen (secondary N) is 1. The summed E-state index contributed by atoms with van der Waals surface area (Å²) in [7, 11) is -1.66. The fourth-order valence-electron chi connectivity index (χ4n) is 3.30. The number of sulfonamides is 1. The quantitative estimate of drug-likeness (QED) is 0.633. The number of hydrogen-bond acceptors (Lipinski definition) is 5. The molecule has 1 heterocycles. The van der Waals surface area contributed by atoms with Gasteiger partial charge in [0.1, 0.15) is 5.75 Å². The molecule has 1 amide bonds.